The fraction of sp³-hybridized carbons (Fsp3) is 0.526. The summed E-state index contributed by atoms with van der Waals surface area (Å²) in [4.78, 5) is 25.7. The summed E-state index contributed by atoms with van der Waals surface area (Å²) in [5.74, 6) is -0.155. The van der Waals surface area contributed by atoms with Crippen LogP contribution in [0.25, 0.3) is 0 Å². The molecular formula is C19H28N3O4. The minimum absolute atomic E-state index is 0.155. The molecule has 0 aliphatic carbocycles. The third kappa shape index (κ3) is 5.91. The molecule has 1 radical (unpaired) electrons. The van der Waals surface area contributed by atoms with E-state index >= 15 is 0 Å². The zero-order valence-corrected chi connectivity index (χ0v) is 15.8. The molecule has 26 heavy (non-hydrogen) atoms. The maximum Gasteiger partial charge on any atom is 0.407 e. The van der Waals surface area contributed by atoms with E-state index in [2.05, 4.69) is 15.5 Å². The quantitative estimate of drug-likeness (QED) is 0.766. The molecule has 0 spiro atoms. The van der Waals surface area contributed by atoms with Crippen LogP contribution < -0.4 is 10.6 Å². The van der Waals surface area contributed by atoms with Crippen LogP contribution in [0.2, 0.25) is 0 Å². The predicted octanol–water partition coefficient (Wildman–Crippen LogP) is 2.68. The van der Waals surface area contributed by atoms with Gasteiger partial charge in [0.15, 0.2) is 0 Å². The third-order valence-electron chi connectivity index (χ3n) is 4.22. The second-order valence-corrected chi connectivity index (χ2v) is 7.62. The number of carboxylic acid groups (broad SMARTS) is 1. The van der Waals surface area contributed by atoms with Crippen molar-refractivity contribution in [2.45, 2.75) is 38.8 Å². The lowest BCUT2D eigenvalue weighted by molar-refractivity contribution is 0.0447. The lowest BCUT2D eigenvalue weighted by atomic mass is 9.82. The normalized spacial score (nSPS) is 21.3. The Labute approximate surface area is 154 Å². The van der Waals surface area contributed by atoms with Gasteiger partial charge < -0.3 is 25.4 Å². The fourth-order valence-corrected chi connectivity index (χ4v) is 3.18. The highest BCUT2D eigenvalue weighted by Gasteiger charge is 2.37. The first-order valence-electron chi connectivity index (χ1n) is 8.76. The second kappa shape index (κ2) is 8.40. The Morgan fingerprint density at radius 2 is 1.88 bits per heavy atom. The minimum atomic E-state index is -1.11. The Morgan fingerprint density at radius 3 is 2.46 bits per heavy atom. The van der Waals surface area contributed by atoms with Crippen LogP contribution in [0.15, 0.2) is 30.3 Å². The van der Waals surface area contributed by atoms with Crippen LogP contribution in [-0.4, -0.2) is 54.0 Å². The number of likely N-dealkylation sites (N-methyl/N-ethyl adjacent to an activating group) is 1. The number of piperidine rings is 1. The Hall–Kier alpha value is -2.28. The molecule has 0 aromatic heterocycles. The van der Waals surface area contributed by atoms with Crippen LogP contribution in [0, 0.1) is 12.0 Å². The molecule has 1 fully saturated rings. The van der Waals surface area contributed by atoms with Crippen molar-refractivity contribution in [1.29, 1.82) is 0 Å². The number of carbonyl (C=O) groups is 2. The highest BCUT2D eigenvalue weighted by Crippen LogP contribution is 2.30. The first-order valence-corrected chi connectivity index (χ1v) is 8.76. The number of ether oxygens (including phenoxy) is 1. The van der Waals surface area contributed by atoms with E-state index in [4.69, 9.17) is 4.74 Å². The standard InChI is InChI=1S/C19H28N3O4/c1-19(2,3)26-18(25)20-15-12-22(4)11-10-14(15)16(21-17(23)24)13-8-6-5-7-9-13/h5-9,14-15,21H,10-12H2,1-4H3,(H,20,25)(H,23,24). The van der Waals surface area contributed by atoms with E-state index in [0.717, 1.165) is 18.5 Å². The summed E-state index contributed by atoms with van der Waals surface area (Å²) in [5, 5.41) is 14.8. The number of benzene rings is 1. The molecule has 1 heterocycles. The molecule has 1 aromatic carbocycles. The summed E-state index contributed by atoms with van der Waals surface area (Å²) < 4.78 is 5.38. The van der Waals surface area contributed by atoms with Crippen molar-refractivity contribution < 1.29 is 19.4 Å². The van der Waals surface area contributed by atoms with Crippen molar-refractivity contribution in [3.63, 3.8) is 0 Å². The lowest BCUT2D eigenvalue weighted by Crippen LogP contribution is -2.56. The molecule has 2 unspecified atom stereocenters. The molecule has 1 aliphatic heterocycles. The summed E-state index contributed by atoms with van der Waals surface area (Å²) >= 11 is 0. The van der Waals surface area contributed by atoms with Gasteiger partial charge in [-0.15, -0.1) is 0 Å². The van der Waals surface area contributed by atoms with E-state index in [-0.39, 0.29) is 12.0 Å². The molecule has 0 bridgehead atoms. The van der Waals surface area contributed by atoms with Gasteiger partial charge in [0.2, 0.25) is 0 Å². The number of rotatable bonds is 4. The van der Waals surface area contributed by atoms with Crippen LogP contribution >= 0.6 is 0 Å². The van der Waals surface area contributed by atoms with E-state index in [1.165, 1.54) is 0 Å². The number of nitrogens with zero attached hydrogens (tertiary/aromatic N) is 1. The van der Waals surface area contributed by atoms with Gasteiger partial charge in [-0.2, -0.15) is 0 Å². The summed E-state index contributed by atoms with van der Waals surface area (Å²) in [5.41, 5.74) is 0.214. The van der Waals surface area contributed by atoms with Gasteiger partial charge in [-0.25, -0.2) is 9.59 Å². The molecule has 2 atom stereocenters. The molecule has 1 saturated heterocycles. The summed E-state index contributed by atoms with van der Waals surface area (Å²) in [6, 6.07) is 9.70. The highest BCUT2D eigenvalue weighted by molar-refractivity contribution is 5.69. The van der Waals surface area contributed by atoms with Crippen molar-refractivity contribution in [1.82, 2.24) is 15.5 Å². The van der Waals surface area contributed by atoms with Gasteiger partial charge in [0, 0.05) is 12.5 Å². The van der Waals surface area contributed by atoms with Gasteiger partial charge in [-0.1, -0.05) is 30.3 Å². The third-order valence-corrected chi connectivity index (χ3v) is 4.22. The zero-order valence-electron chi connectivity index (χ0n) is 15.8. The van der Waals surface area contributed by atoms with Gasteiger partial charge in [-0.3, -0.25) is 0 Å². The SMILES string of the molecule is CN1CCC([C](NC(=O)O)c2ccccc2)C(NC(=O)OC(C)(C)C)C1. The number of carbonyl (C=O) groups excluding carboxylic acids is 1. The Balaban J connectivity index is 2.22. The van der Waals surface area contributed by atoms with Crippen LogP contribution in [0.4, 0.5) is 9.59 Å². The summed E-state index contributed by atoms with van der Waals surface area (Å²) in [6.07, 6.45) is -0.883. The molecule has 7 nitrogen and oxygen atoms in total. The van der Waals surface area contributed by atoms with Crippen molar-refractivity contribution >= 4 is 12.2 Å². The molecule has 7 heteroatoms. The summed E-state index contributed by atoms with van der Waals surface area (Å²) in [7, 11) is 1.98. The van der Waals surface area contributed by atoms with E-state index in [1.807, 2.05) is 58.2 Å². The smallest absolute Gasteiger partial charge is 0.407 e. The molecule has 143 valence electrons. The first kappa shape index (κ1) is 20.0. The van der Waals surface area contributed by atoms with E-state index < -0.39 is 17.8 Å². The molecular weight excluding hydrogens is 334 g/mol. The van der Waals surface area contributed by atoms with Crippen LogP contribution in [0.5, 0.6) is 0 Å². The average Bonchev–Trinajstić information content (AvgIpc) is 2.52. The Kier molecular flexibility index (Phi) is 6.47. The maximum absolute atomic E-state index is 12.3. The van der Waals surface area contributed by atoms with Crippen molar-refractivity contribution in [2.24, 2.45) is 5.92 Å². The highest BCUT2D eigenvalue weighted by atomic mass is 16.6. The van der Waals surface area contributed by atoms with E-state index in [9.17, 15) is 14.7 Å². The van der Waals surface area contributed by atoms with E-state index in [1.54, 1.807) is 0 Å². The molecule has 2 rings (SSSR count). The largest absolute Gasteiger partial charge is 0.465 e. The monoisotopic (exact) mass is 362 g/mol. The van der Waals surface area contributed by atoms with Crippen LogP contribution in [0.3, 0.4) is 0 Å². The number of nitrogens with one attached hydrogen (secondary N) is 2. The summed E-state index contributed by atoms with van der Waals surface area (Å²) in [6.45, 7) is 6.86. The maximum atomic E-state index is 12.3. The number of hydrogen-bond donors (Lipinski definition) is 3. The van der Waals surface area contributed by atoms with Gasteiger partial charge in [-0.05, 0) is 46.3 Å². The van der Waals surface area contributed by atoms with Crippen molar-refractivity contribution in [3.05, 3.63) is 41.9 Å². The van der Waals surface area contributed by atoms with Crippen LogP contribution in [0.1, 0.15) is 32.8 Å². The number of alkyl carbamates (subject to hydrolysis) is 1. The van der Waals surface area contributed by atoms with Gasteiger partial charge in [0.1, 0.15) is 11.6 Å². The molecule has 2 amide bonds. The first-order chi connectivity index (χ1) is 12.2. The van der Waals surface area contributed by atoms with Gasteiger partial charge in [0.25, 0.3) is 0 Å². The fourth-order valence-electron chi connectivity index (χ4n) is 3.18. The van der Waals surface area contributed by atoms with Crippen molar-refractivity contribution in [2.75, 3.05) is 20.1 Å². The number of hydrogen-bond acceptors (Lipinski definition) is 4. The number of likely N-dealkylation sites (tertiary alicyclic amines) is 1. The molecule has 0 saturated carbocycles. The number of amides is 2. The zero-order chi connectivity index (χ0) is 19.3. The van der Waals surface area contributed by atoms with E-state index in [0.29, 0.717) is 12.6 Å². The van der Waals surface area contributed by atoms with Gasteiger partial charge in [0.05, 0.1) is 6.04 Å². The average molecular weight is 362 g/mol. The predicted molar refractivity (Wildman–Crippen MR) is 98.7 cm³/mol. The topological polar surface area (TPSA) is 90.9 Å². The minimum Gasteiger partial charge on any atom is -0.465 e. The van der Waals surface area contributed by atoms with Crippen LogP contribution in [-0.2, 0) is 4.74 Å². The second-order valence-electron chi connectivity index (χ2n) is 7.62. The molecule has 1 aliphatic rings. The Bertz CT molecular complexity index is 615. The lowest BCUT2D eigenvalue weighted by Gasteiger charge is -2.40. The molecule has 1 aromatic rings. The molecule has 3 N–H and O–H groups in total. The Morgan fingerprint density at radius 1 is 1.23 bits per heavy atom. The van der Waals surface area contributed by atoms with Gasteiger partial charge >= 0.3 is 12.2 Å². The van der Waals surface area contributed by atoms with Crippen molar-refractivity contribution in [3.8, 4) is 0 Å².